The van der Waals surface area contributed by atoms with E-state index >= 15 is 0 Å². The molecule has 1 amide bonds. The second-order valence-electron chi connectivity index (χ2n) is 6.03. The molecule has 0 saturated carbocycles. The number of halogens is 1. The van der Waals surface area contributed by atoms with Crippen LogP contribution in [-0.4, -0.2) is 39.8 Å². The van der Waals surface area contributed by atoms with Crippen LogP contribution in [0.1, 0.15) is 6.92 Å². The molecule has 0 spiro atoms. The van der Waals surface area contributed by atoms with Crippen LogP contribution in [0.15, 0.2) is 42.5 Å². The molecular formula is C18H19FN2O5S. The molecule has 2 aromatic rings. The summed E-state index contributed by atoms with van der Waals surface area (Å²) >= 11 is 0. The molecule has 0 aromatic heterocycles. The van der Waals surface area contributed by atoms with Crippen LogP contribution in [-0.2, 0) is 14.8 Å². The molecule has 0 aliphatic carbocycles. The summed E-state index contributed by atoms with van der Waals surface area (Å²) in [7, 11) is -3.90. The monoisotopic (exact) mass is 394 g/mol. The third kappa shape index (κ3) is 4.13. The number of nitrogens with one attached hydrogen (secondary N) is 1. The zero-order valence-corrected chi connectivity index (χ0v) is 15.6. The van der Waals surface area contributed by atoms with Crippen LogP contribution in [0.5, 0.6) is 11.5 Å². The van der Waals surface area contributed by atoms with Crippen LogP contribution < -0.4 is 19.1 Å². The lowest BCUT2D eigenvalue weighted by Crippen LogP contribution is -2.45. The third-order valence-electron chi connectivity index (χ3n) is 3.99. The fraction of sp³-hybridized carbons (Fsp3) is 0.278. The van der Waals surface area contributed by atoms with Crippen LogP contribution >= 0.6 is 0 Å². The Kier molecular flexibility index (Phi) is 5.22. The van der Waals surface area contributed by atoms with Gasteiger partial charge in [0.15, 0.2) is 11.5 Å². The summed E-state index contributed by atoms with van der Waals surface area (Å²) in [4.78, 5) is 12.6. The van der Waals surface area contributed by atoms with Crippen LogP contribution in [0.4, 0.5) is 15.8 Å². The van der Waals surface area contributed by atoms with Gasteiger partial charge in [-0.3, -0.25) is 9.10 Å². The van der Waals surface area contributed by atoms with Crippen molar-refractivity contribution in [2.24, 2.45) is 0 Å². The van der Waals surface area contributed by atoms with Gasteiger partial charge < -0.3 is 14.8 Å². The molecule has 1 atom stereocenters. The van der Waals surface area contributed by atoms with Crippen molar-refractivity contribution in [1.82, 2.24) is 0 Å². The first-order valence-electron chi connectivity index (χ1n) is 8.22. The van der Waals surface area contributed by atoms with E-state index in [1.54, 1.807) is 18.2 Å². The van der Waals surface area contributed by atoms with Gasteiger partial charge in [0.25, 0.3) is 0 Å². The molecule has 0 bridgehead atoms. The molecule has 3 rings (SSSR count). The van der Waals surface area contributed by atoms with Gasteiger partial charge in [0, 0.05) is 11.8 Å². The highest BCUT2D eigenvalue weighted by atomic mass is 32.2. The number of hydrogen-bond acceptors (Lipinski definition) is 5. The number of hydrogen-bond donors (Lipinski definition) is 1. The van der Waals surface area contributed by atoms with Crippen molar-refractivity contribution in [3.8, 4) is 11.5 Å². The SMILES string of the molecule is CC(C(=O)Nc1ccc2c(c1)OCCO2)N(c1ccccc1F)S(C)(=O)=O. The summed E-state index contributed by atoms with van der Waals surface area (Å²) in [5.41, 5.74) is 0.225. The molecule has 1 aliphatic heterocycles. The van der Waals surface area contributed by atoms with Crippen LogP contribution in [0, 0.1) is 5.82 Å². The van der Waals surface area contributed by atoms with Crippen molar-refractivity contribution < 1.29 is 27.1 Å². The number of rotatable bonds is 5. The van der Waals surface area contributed by atoms with E-state index in [2.05, 4.69) is 5.32 Å². The van der Waals surface area contributed by atoms with E-state index in [1.165, 1.54) is 25.1 Å². The first-order valence-corrected chi connectivity index (χ1v) is 10.1. The third-order valence-corrected chi connectivity index (χ3v) is 5.22. The Labute approximate surface area is 156 Å². The average molecular weight is 394 g/mol. The highest BCUT2D eigenvalue weighted by molar-refractivity contribution is 7.92. The lowest BCUT2D eigenvalue weighted by molar-refractivity contribution is -0.116. The number of amides is 1. The molecule has 1 N–H and O–H groups in total. The molecule has 1 heterocycles. The largest absolute Gasteiger partial charge is 0.486 e. The second-order valence-corrected chi connectivity index (χ2v) is 7.89. The summed E-state index contributed by atoms with van der Waals surface area (Å²) < 4.78 is 50.2. The van der Waals surface area contributed by atoms with Crippen LogP contribution in [0.2, 0.25) is 0 Å². The van der Waals surface area contributed by atoms with E-state index in [9.17, 15) is 17.6 Å². The Hall–Kier alpha value is -2.81. The normalized spacial score (nSPS) is 14.3. The highest BCUT2D eigenvalue weighted by Gasteiger charge is 2.31. The zero-order chi connectivity index (χ0) is 19.6. The van der Waals surface area contributed by atoms with Crippen LogP contribution in [0.3, 0.4) is 0 Å². The quantitative estimate of drug-likeness (QED) is 0.842. The minimum atomic E-state index is -3.90. The predicted octanol–water partition coefficient (Wildman–Crippen LogP) is 2.39. The number of para-hydroxylation sites is 1. The van der Waals surface area contributed by atoms with E-state index in [4.69, 9.17) is 9.47 Å². The van der Waals surface area contributed by atoms with Gasteiger partial charge in [0.1, 0.15) is 25.1 Å². The van der Waals surface area contributed by atoms with Gasteiger partial charge in [0.2, 0.25) is 15.9 Å². The minimum Gasteiger partial charge on any atom is -0.486 e. The minimum absolute atomic E-state index is 0.190. The number of nitrogens with zero attached hydrogens (tertiary/aromatic N) is 1. The van der Waals surface area contributed by atoms with Crippen molar-refractivity contribution in [1.29, 1.82) is 0 Å². The molecule has 144 valence electrons. The number of anilines is 2. The number of fused-ring (bicyclic) bond motifs is 1. The molecule has 7 nitrogen and oxygen atoms in total. The lowest BCUT2D eigenvalue weighted by atomic mass is 10.2. The van der Waals surface area contributed by atoms with E-state index < -0.39 is 27.8 Å². The standard InChI is InChI=1S/C18H19FN2O5S/c1-12(21(27(2,23)24)15-6-4-3-5-14(15)19)18(22)20-13-7-8-16-17(11-13)26-10-9-25-16/h3-8,11-12H,9-10H2,1-2H3,(H,20,22). The van der Waals surface area contributed by atoms with E-state index in [-0.39, 0.29) is 5.69 Å². The Morgan fingerprint density at radius 2 is 1.81 bits per heavy atom. The number of carbonyl (C=O) groups is 1. The number of sulfonamides is 1. The fourth-order valence-electron chi connectivity index (χ4n) is 2.78. The maximum atomic E-state index is 14.1. The summed E-state index contributed by atoms with van der Waals surface area (Å²) in [5, 5.41) is 2.63. The lowest BCUT2D eigenvalue weighted by Gasteiger charge is -2.28. The smallest absolute Gasteiger partial charge is 0.247 e. The maximum Gasteiger partial charge on any atom is 0.247 e. The topological polar surface area (TPSA) is 84.9 Å². The van der Waals surface area contributed by atoms with Crippen molar-refractivity contribution in [2.75, 3.05) is 29.1 Å². The highest BCUT2D eigenvalue weighted by Crippen LogP contribution is 2.33. The molecular weight excluding hydrogens is 375 g/mol. The molecule has 0 saturated heterocycles. The predicted molar refractivity (Wildman–Crippen MR) is 99.2 cm³/mol. The van der Waals surface area contributed by atoms with E-state index in [0.29, 0.717) is 30.4 Å². The Morgan fingerprint density at radius 1 is 1.15 bits per heavy atom. The van der Waals surface area contributed by atoms with E-state index in [1.807, 2.05) is 0 Å². The number of ether oxygens (including phenoxy) is 2. The molecule has 1 unspecified atom stereocenters. The maximum absolute atomic E-state index is 14.1. The molecule has 2 aromatic carbocycles. The summed E-state index contributed by atoms with van der Waals surface area (Å²) in [6.07, 6.45) is 0.924. The summed E-state index contributed by atoms with van der Waals surface area (Å²) in [6, 6.07) is 9.08. The van der Waals surface area contributed by atoms with Crippen molar-refractivity contribution in [3.63, 3.8) is 0 Å². The first-order chi connectivity index (χ1) is 12.8. The Balaban J connectivity index is 1.85. The molecule has 0 fully saturated rings. The van der Waals surface area contributed by atoms with Gasteiger partial charge in [-0.15, -0.1) is 0 Å². The Morgan fingerprint density at radius 3 is 2.48 bits per heavy atom. The van der Waals surface area contributed by atoms with Gasteiger partial charge in [-0.2, -0.15) is 0 Å². The average Bonchev–Trinajstić information content (AvgIpc) is 2.62. The van der Waals surface area contributed by atoms with Crippen LogP contribution in [0.25, 0.3) is 0 Å². The van der Waals surface area contributed by atoms with Crippen molar-refractivity contribution >= 4 is 27.3 Å². The number of carbonyl (C=O) groups excluding carboxylic acids is 1. The molecule has 9 heteroatoms. The van der Waals surface area contributed by atoms with E-state index in [0.717, 1.165) is 16.6 Å². The Bertz CT molecular complexity index is 964. The van der Waals surface area contributed by atoms with Gasteiger partial charge in [-0.05, 0) is 31.2 Å². The number of benzene rings is 2. The molecule has 0 radical (unpaired) electrons. The van der Waals surface area contributed by atoms with Crippen molar-refractivity contribution in [3.05, 3.63) is 48.3 Å². The van der Waals surface area contributed by atoms with Gasteiger partial charge in [-0.1, -0.05) is 12.1 Å². The summed E-state index contributed by atoms with van der Waals surface area (Å²) in [5.74, 6) is -0.292. The second kappa shape index (κ2) is 7.43. The van der Waals surface area contributed by atoms with Gasteiger partial charge in [0.05, 0.1) is 11.9 Å². The first kappa shape index (κ1) is 19.0. The molecule has 27 heavy (non-hydrogen) atoms. The zero-order valence-electron chi connectivity index (χ0n) is 14.8. The fourth-order valence-corrected chi connectivity index (χ4v) is 3.95. The molecule has 1 aliphatic rings. The van der Waals surface area contributed by atoms with Gasteiger partial charge >= 0.3 is 0 Å². The summed E-state index contributed by atoms with van der Waals surface area (Å²) in [6.45, 7) is 2.23. The van der Waals surface area contributed by atoms with Crippen molar-refractivity contribution in [2.45, 2.75) is 13.0 Å². The van der Waals surface area contributed by atoms with Gasteiger partial charge in [-0.25, -0.2) is 12.8 Å².